The summed E-state index contributed by atoms with van der Waals surface area (Å²) in [5.74, 6) is 1.80. The highest BCUT2D eigenvalue weighted by molar-refractivity contribution is 6.09. The maximum atomic E-state index is 13.4. The van der Waals surface area contributed by atoms with Crippen LogP contribution in [0.5, 0.6) is 0 Å². The smallest absolute Gasteiger partial charge is 0.260 e. The van der Waals surface area contributed by atoms with Gasteiger partial charge >= 0.3 is 0 Å². The van der Waals surface area contributed by atoms with Crippen molar-refractivity contribution in [1.82, 2.24) is 30.0 Å². The van der Waals surface area contributed by atoms with E-state index in [2.05, 4.69) is 15.5 Å². The molecule has 1 saturated carbocycles. The molecule has 0 spiro atoms. The molecular weight excluding hydrogens is 378 g/mol. The first-order chi connectivity index (χ1) is 14.7. The SMILES string of the molecule is CCn1cnnc1-c1cccc(N2Cc3c(cc(C4CCC4)nc3CNC)C2=O)n1. The van der Waals surface area contributed by atoms with E-state index in [9.17, 15) is 4.79 Å². The summed E-state index contributed by atoms with van der Waals surface area (Å²) in [6.07, 6.45) is 5.25. The van der Waals surface area contributed by atoms with Gasteiger partial charge in [-0.3, -0.25) is 14.7 Å². The first-order valence-corrected chi connectivity index (χ1v) is 10.5. The summed E-state index contributed by atoms with van der Waals surface area (Å²) in [7, 11) is 1.91. The number of aryl methyl sites for hydroxylation is 1. The maximum Gasteiger partial charge on any atom is 0.260 e. The van der Waals surface area contributed by atoms with Gasteiger partial charge in [0.25, 0.3) is 5.91 Å². The third-order valence-corrected chi connectivity index (χ3v) is 6.09. The third-order valence-electron chi connectivity index (χ3n) is 6.09. The number of rotatable bonds is 6. The Kier molecular flexibility index (Phi) is 4.78. The number of carbonyl (C=O) groups is 1. The van der Waals surface area contributed by atoms with Crippen LogP contribution in [-0.2, 0) is 19.6 Å². The Hall–Kier alpha value is -3.13. The Balaban J connectivity index is 1.51. The maximum absolute atomic E-state index is 13.4. The van der Waals surface area contributed by atoms with Gasteiger partial charge < -0.3 is 9.88 Å². The summed E-state index contributed by atoms with van der Waals surface area (Å²) >= 11 is 0. The van der Waals surface area contributed by atoms with Crippen LogP contribution in [0.15, 0.2) is 30.6 Å². The summed E-state index contributed by atoms with van der Waals surface area (Å²) in [6.45, 7) is 3.93. The van der Waals surface area contributed by atoms with Crippen molar-refractivity contribution in [2.24, 2.45) is 0 Å². The van der Waals surface area contributed by atoms with Crippen molar-refractivity contribution in [1.29, 1.82) is 0 Å². The standard InChI is InChI=1S/C22H25N7O/c1-3-28-13-24-27-21(28)17-8-5-9-20(26-17)29-12-16-15(22(29)30)10-18(14-6-4-7-14)25-19(16)11-23-2/h5,8-10,13-14,23H,3-4,6-7,11-12H2,1-2H3. The lowest BCUT2D eigenvalue weighted by atomic mass is 9.82. The zero-order valence-electron chi connectivity index (χ0n) is 17.3. The molecule has 1 amide bonds. The van der Waals surface area contributed by atoms with Gasteiger partial charge in [-0.2, -0.15) is 0 Å². The molecule has 154 valence electrons. The Morgan fingerprint density at radius 2 is 2.10 bits per heavy atom. The fraction of sp³-hybridized carbons (Fsp3) is 0.409. The van der Waals surface area contributed by atoms with Crippen LogP contribution in [0.3, 0.4) is 0 Å². The highest BCUT2D eigenvalue weighted by Gasteiger charge is 2.34. The number of aromatic nitrogens is 5. The van der Waals surface area contributed by atoms with Crippen molar-refractivity contribution in [3.05, 3.63) is 53.1 Å². The first kappa shape index (κ1) is 18.9. The predicted octanol–water partition coefficient (Wildman–Crippen LogP) is 2.90. The van der Waals surface area contributed by atoms with Crippen LogP contribution in [-0.4, -0.2) is 37.7 Å². The number of hydrogen-bond donors (Lipinski definition) is 1. The van der Waals surface area contributed by atoms with Crippen LogP contribution in [0.4, 0.5) is 5.82 Å². The van der Waals surface area contributed by atoms with Crippen LogP contribution in [0.1, 0.15) is 59.4 Å². The van der Waals surface area contributed by atoms with E-state index in [1.807, 2.05) is 42.8 Å². The van der Waals surface area contributed by atoms with Crippen molar-refractivity contribution in [3.8, 4) is 11.5 Å². The Morgan fingerprint density at radius 3 is 2.83 bits per heavy atom. The molecule has 1 fully saturated rings. The van der Waals surface area contributed by atoms with Crippen LogP contribution in [0.2, 0.25) is 0 Å². The molecule has 0 unspecified atom stereocenters. The predicted molar refractivity (Wildman–Crippen MR) is 113 cm³/mol. The third kappa shape index (κ3) is 3.08. The van der Waals surface area contributed by atoms with E-state index >= 15 is 0 Å². The fourth-order valence-corrected chi connectivity index (χ4v) is 4.18. The molecule has 2 aliphatic rings. The molecule has 1 N–H and O–H groups in total. The van der Waals surface area contributed by atoms with E-state index in [4.69, 9.17) is 9.97 Å². The molecule has 30 heavy (non-hydrogen) atoms. The van der Waals surface area contributed by atoms with Crippen molar-refractivity contribution >= 4 is 11.7 Å². The van der Waals surface area contributed by atoms with Gasteiger partial charge in [0.2, 0.25) is 0 Å². The summed E-state index contributed by atoms with van der Waals surface area (Å²) < 4.78 is 1.94. The Labute approximate surface area is 175 Å². The van der Waals surface area contributed by atoms with Gasteiger partial charge in [0.05, 0.1) is 12.2 Å². The molecule has 4 heterocycles. The zero-order valence-corrected chi connectivity index (χ0v) is 17.3. The second-order valence-electron chi connectivity index (χ2n) is 7.89. The van der Waals surface area contributed by atoms with Gasteiger partial charge in [-0.15, -0.1) is 10.2 Å². The number of amides is 1. The fourth-order valence-electron chi connectivity index (χ4n) is 4.18. The zero-order chi connectivity index (χ0) is 20.7. The summed E-state index contributed by atoms with van der Waals surface area (Å²) in [4.78, 5) is 24.8. The summed E-state index contributed by atoms with van der Waals surface area (Å²) in [6, 6.07) is 7.70. The summed E-state index contributed by atoms with van der Waals surface area (Å²) in [5, 5.41) is 11.4. The monoisotopic (exact) mass is 403 g/mol. The number of hydrogen-bond acceptors (Lipinski definition) is 6. The molecule has 1 aliphatic carbocycles. The molecule has 3 aromatic heterocycles. The van der Waals surface area contributed by atoms with Crippen LogP contribution >= 0.6 is 0 Å². The van der Waals surface area contributed by atoms with E-state index in [1.54, 1.807) is 11.2 Å². The molecule has 0 atom stereocenters. The second-order valence-corrected chi connectivity index (χ2v) is 7.89. The number of carbonyl (C=O) groups excluding carboxylic acids is 1. The number of nitrogens with one attached hydrogen (secondary N) is 1. The molecular formula is C22H25N7O. The molecule has 8 nitrogen and oxygen atoms in total. The minimum atomic E-state index is -0.00747. The van der Waals surface area contributed by atoms with Gasteiger partial charge in [0, 0.05) is 35.8 Å². The van der Waals surface area contributed by atoms with Crippen molar-refractivity contribution in [2.75, 3.05) is 11.9 Å². The number of anilines is 1. The quantitative estimate of drug-likeness (QED) is 0.681. The molecule has 3 aromatic rings. The van der Waals surface area contributed by atoms with Crippen LogP contribution in [0, 0.1) is 0 Å². The van der Waals surface area contributed by atoms with E-state index in [-0.39, 0.29) is 5.91 Å². The van der Waals surface area contributed by atoms with Crippen molar-refractivity contribution in [2.45, 2.75) is 51.7 Å². The molecule has 0 bridgehead atoms. The molecule has 1 aliphatic heterocycles. The van der Waals surface area contributed by atoms with Gasteiger partial charge in [0.15, 0.2) is 5.82 Å². The minimum absolute atomic E-state index is 0.00747. The van der Waals surface area contributed by atoms with Gasteiger partial charge in [0.1, 0.15) is 17.8 Å². The van der Waals surface area contributed by atoms with Crippen molar-refractivity contribution < 1.29 is 4.79 Å². The normalized spacial score (nSPS) is 16.1. The lowest BCUT2D eigenvalue weighted by Crippen LogP contribution is -2.24. The Morgan fingerprint density at radius 1 is 1.23 bits per heavy atom. The highest BCUT2D eigenvalue weighted by Crippen LogP contribution is 2.38. The topological polar surface area (TPSA) is 88.8 Å². The largest absolute Gasteiger partial charge is 0.314 e. The van der Waals surface area contributed by atoms with E-state index in [0.29, 0.717) is 36.3 Å². The average molecular weight is 403 g/mol. The average Bonchev–Trinajstić information content (AvgIpc) is 3.32. The van der Waals surface area contributed by atoms with Crippen LogP contribution in [0.25, 0.3) is 11.5 Å². The molecule has 8 heteroatoms. The molecule has 0 radical (unpaired) electrons. The summed E-state index contributed by atoms with van der Waals surface area (Å²) in [5.41, 5.74) is 4.50. The lowest BCUT2D eigenvalue weighted by Gasteiger charge is -2.25. The second kappa shape index (κ2) is 7.60. The minimum Gasteiger partial charge on any atom is -0.314 e. The van der Waals surface area contributed by atoms with Gasteiger partial charge in [-0.05, 0) is 45.0 Å². The van der Waals surface area contributed by atoms with Crippen LogP contribution < -0.4 is 10.2 Å². The molecule has 0 saturated heterocycles. The first-order valence-electron chi connectivity index (χ1n) is 10.5. The highest BCUT2D eigenvalue weighted by atomic mass is 16.2. The van der Waals surface area contributed by atoms with Gasteiger partial charge in [-0.25, -0.2) is 4.98 Å². The van der Waals surface area contributed by atoms with E-state index in [1.165, 1.54) is 6.42 Å². The lowest BCUT2D eigenvalue weighted by molar-refractivity contribution is 0.0995. The number of fused-ring (bicyclic) bond motifs is 1. The van der Waals surface area contributed by atoms with E-state index in [0.717, 1.165) is 41.9 Å². The van der Waals surface area contributed by atoms with Gasteiger partial charge in [-0.1, -0.05) is 12.5 Å². The Bertz CT molecular complexity index is 1100. The van der Waals surface area contributed by atoms with Crippen molar-refractivity contribution in [3.63, 3.8) is 0 Å². The molecule has 5 rings (SSSR count). The van der Waals surface area contributed by atoms with E-state index < -0.39 is 0 Å². The number of pyridine rings is 2. The molecule has 0 aromatic carbocycles. The number of nitrogens with zero attached hydrogens (tertiary/aromatic N) is 6.